The molecule has 24 heavy (non-hydrogen) atoms. The molecule has 1 aliphatic carbocycles. The minimum Gasteiger partial charge on any atom is -0.481 e. The van der Waals surface area contributed by atoms with E-state index in [-0.39, 0.29) is 17.9 Å². The zero-order valence-electron chi connectivity index (χ0n) is 13.3. The van der Waals surface area contributed by atoms with E-state index in [1.807, 2.05) is 0 Å². The number of rotatable bonds is 5. The molecular formula is C17H20F3NO3. The van der Waals surface area contributed by atoms with Crippen molar-refractivity contribution in [1.82, 2.24) is 5.32 Å². The first-order valence-electron chi connectivity index (χ1n) is 7.86. The van der Waals surface area contributed by atoms with Gasteiger partial charge in [-0.1, -0.05) is 12.1 Å². The normalized spacial score (nSPS) is 22.2. The summed E-state index contributed by atoms with van der Waals surface area (Å²) < 4.78 is 37.5. The molecule has 1 fully saturated rings. The van der Waals surface area contributed by atoms with E-state index in [0.717, 1.165) is 12.1 Å². The maximum atomic E-state index is 12.5. The van der Waals surface area contributed by atoms with E-state index >= 15 is 0 Å². The fourth-order valence-corrected chi connectivity index (χ4v) is 3.04. The van der Waals surface area contributed by atoms with Gasteiger partial charge in [-0.05, 0) is 50.3 Å². The summed E-state index contributed by atoms with van der Waals surface area (Å²) in [6, 6.07) is 4.62. The first-order valence-corrected chi connectivity index (χ1v) is 7.86. The topological polar surface area (TPSA) is 66.4 Å². The summed E-state index contributed by atoms with van der Waals surface area (Å²) in [4.78, 5) is 23.1. The van der Waals surface area contributed by atoms with Crippen LogP contribution in [0.2, 0.25) is 0 Å². The molecule has 1 saturated carbocycles. The monoisotopic (exact) mass is 343 g/mol. The third-order valence-electron chi connectivity index (χ3n) is 4.36. The van der Waals surface area contributed by atoms with Crippen LogP contribution >= 0.6 is 0 Å². The van der Waals surface area contributed by atoms with Crippen LogP contribution in [0.4, 0.5) is 13.2 Å². The number of nitrogens with one attached hydrogen (secondary N) is 1. The van der Waals surface area contributed by atoms with Gasteiger partial charge in [0.05, 0.1) is 11.5 Å². The summed E-state index contributed by atoms with van der Waals surface area (Å²) in [5.74, 6) is -1.83. The maximum Gasteiger partial charge on any atom is 0.416 e. The summed E-state index contributed by atoms with van der Waals surface area (Å²) in [5.41, 5.74) is -0.000703. The molecule has 0 heterocycles. The van der Waals surface area contributed by atoms with Gasteiger partial charge < -0.3 is 10.4 Å². The molecule has 1 unspecified atom stereocenters. The van der Waals surface area contributed by atoms with Crippen LogP contribution in [0.5, 0.6) is 0 Å². The second kappa shape index (κ2) is 7.23. The number of carboxylic acids is 1. The van der Waals surface area contributed by atoms with Crippen molar-refractivity contribution in [3.05, 3.63) is 35.4 Å². The van der Waals surface area contributed by atoms with Gasteiger partial charge in [-0.2, -0.15) is 13.2 Å². The summed E-state index contributed by atoms with van der Waals surface area (Å²) in [7, 11) is 0. The highest BCUT2D eigenvalue weighted by Crippen LogP contribution is 2.31. The Morgan fingerprint density at radius 1 is 1.21 bits per heavy atom. The number of halogens is 3. The Bertz CT molecular complexity index is 598. The second-order valence-electron chi connectivity index (χ2n) is 6.35. The highest BCUT2D eigenvalue weighted by molar-refractivity contribution is 5.81. The van der Waals surface area contributed by atoms with Crippen LogP contribution in [0.15, 0.2) is 24.3 Å². The van der Waals surface area contributed by atoms with Crippen LogP contribution in [0.25, 0.3) is 0 Å². The number of hydrogen-bond acceptors (Lipinski definition) is 2. The third-order valence-corrected chi connectivity index (χ3v) is 4.36. The average molecular weight is 343 g/mol. The highest BCUT2D eigenvalue weighted by Gasteiger charge is 2.34. The number of aliphatic carboxylic acids is 1. The van der Waals surface area contributed by atoms with Crippen molar-refractivity contribution >= 4 is 11.9 Å². The molecule has 0 bridgehead atoms. The van der Waals surface area contributed by atoms with Gasteiger partial charge in [-0.3, -0.25) is 9.59 Å². The lowest BCUT2D eigenvalue weighted by Crippen LogP contribution is -2.37. The third kappa shape index (κ3) is 4.72. The zero-order chi connectivity index (χ0) is 17.9. The number of carbonyl (C=O) groups is 2. The van der Waals surface area contributed by atoms with Gasteiger partial charge in [0, 0.05) is 12.0 Å². The van der Waals surface area contributed by atoms with Gasteiger partial charge in [-0.15, -0.1) is 0 Å². The molecule has 0 aliphatic heterocycles. The Hall–Kier alpha value is -2.05. The molecule has 0 aromatic heterocycles. The summed E-state index contributed by atoms with van der Waals surface area (Å²) in [5, 5.41) is 11.8. The zero-order valence-corrected chi connectivity index (χ0v) is 13.3. The molecule has 2 rings (SSSR count). The summed E-state index contributed by atoms with van der Waals surface area (Å²) in [6.45, 7) is 1.78. The first kappa shape index (κ1) is 18.3. The predicted molar refractivity (Wildman–Crippen MR) is 81.2 cm³/mol. The van der Waals surface area contributed by atoms with Crippen molar-refractivity contribution in [2.24, 2.45) is 11.8 Å². The lowest BCUT2D eigenvalue weighted by molar-refractivity contribution is -0.141. The molecule has 1 aliphatic rings. The van der Waals surface area contributed by atoms with E-state index in [0.29, 0.717) is 31.2 Å². The second-order valence-corrected chi connectivity index (χ2v) is 6.35. The number of carboxylic acid groups (broad SMARTS) is 1. The van der Waals surface area contributed by atoms with Gasteiger partial charge in [0.1, 0.15) is 0 Å². The van der Waals surface area contributed by atoms with Gasteiger partial charge >= 0.3 is 12.1 Å². The van der Waals surface area contributed by atoms with E-state index in [1.54, 1.807) is 6.92 Å². The molecule has 132 valence electrons. The number of hydrogen-bond donors (Lipinski definition) is 2. The van der Waals surface area contributed by atoms with Crippen molar-refractivity contribution in [3.63, 3.8) is 0 Å². The molecule has 4 nitrogen and oxygen atoms in total. The van der Waals surface area contributed by atoms with E-state index in [9.17, 15) is 22.8 Å². The molecule has 0 saturated heterocycles. The van der Waals surface area contributed by atoms with Crippen LogP contribution in [0.3, 0.4) is 0 Å². The number of benzene rings is 1. The van der Waals surface area contributed by atoms with E-state index < -0.39 is 23.6 Å². The van der Waals surface area contributed by atoms with E-state index in [1.165, 1.54) is 12.1 Å². The summed E-state index contributed by atoms with van der Waals surface area (Å²) in [6.07, 6.45) is -2.55. The van der Waals surface area contributed by atoms with Gasteiger partial charge in [0.25, 0.3) is 0 Å². The van der Waals surface area contributed by atoms with Crippen LogP contribution < -0.4 is 5.32 Å². The van der Waals surface area contributed by atoms with Crippen molar-refractivity contribution in [3.8, 4) is 0 Å². The van der Waals surface area contributed by atoms with Crippen molar-refractivity contribution in [1.29, 1.82) is 0 Å². The standard InChI is InChI=1S/C17H20F3NO3/c1-10(8-11-2-6-14(7-3-11)17(18,19)20)21-15(22)12-4-5-13(9-12)16(23)24/h2-3,6-7,10,12-13H,4-5,8-9H2,1H3,(H,21,22)(H,23,24)/t10?,12-,13+/m1/s1. The van der Waals surface area contributed by atoms with Crippen molar-refractivity contribution < 1.29 is 27.9 Å². The predicted octanol–water partition coefficient (Wildman–Crippen LogP) is 3.25. The lowest BCUT2D eigenvalue weighted by Gasteiger charge is -2.17. The molecule has 7 heteroatoms. The van der Waals surface area contributed by atoms with Crippen LogP contribution in [-0.4, -0.2) is 23.0 Å². The Labute approximate surface area is 138 Å². The Kier molecular flexibility index (Phi) is 5.51. The minimum absolute atomic E-state index is 0.182. The fourth-order valence-electron chi connectivity index (χ4n) is 3.04. The van der Waals surface area contributed by atoms with Gasteiger partial charge in [0.2, 0.25) is 5.91 Å². The molecule has 2 N–H and O–H groups in total. The molecule has 3 atom stereocenters. The van der Waals surface area contributed by atoms with E-state index in [4.69, 9.17) is 5.11 Å². The average Bonchev–Trinajstić information content (AvgIpc) is 2.96. The van der Waals surface area contributed by atoms with Crippen LogP contribution in [0, 0.1) is 11.8 Å². The minimum atomic E-state index is -4.36. The Morgan fingerprint density at radius 2 is 1.79 bits per heavy atom. The number of alkyl halides is 3. The molecule has 1 aromatic carbocycles. The smallest absolute Gasteiger partial charge is 0.416 e. The SMILES string of the molecule is CC(Cc1ccc(C(F)(F)F)cc1)NC(=O)[C@@H]1CC[C@H](C(=O)O)C1. The van der Waals surface area contributed by atoms with Crippen molar-refractivity contribution in [2.75, 3.05) is 0 Å². The number of carbonyl (C=O) groups excluding carboxylic acids is 1. The van der Waals surface area contributed by atoms with Crippen LogP contribution in [-0.2, 0) is 22.2 Å². The molecule has 0 spiro atoms. The molecule has 0 radical (unpaired) electrons. The Balaban J connectivity index is 1.86. The largest absolute Gasteiger partial charge is 0.481 e. The molecular weight excluding hydrogens is 323 g/mol. The highest BCUT2D eigenvalue weighted by atomic mass is 19.4. The molecule has 1 amide bonds. The fraction of sp³-hybridized carbons (Fsp3) is 0.529. The van der Waals surface area contributed by atoms with Gasteiger partial charge in [0.15, 0.2) is 0 Å². The number of amides is 1. The first-order chi connectivity index (χ1) is 11.2. The quantitative estimate of drug-likeness (QED) is 0.862. The van der Waals surface area contributed by atoms with Gasteiger partial charge in [-0.25, -0.2) is 0 Å². The summed E-state index contributed by atoms with van der Waals surface area (Å²) >= 11 is 0. The van der Waals surface area contributed by atoms with E-state index in [2.05, 4.69) is 5.32 Å². The maximum absolute atomic E-state index is 12.5. The van der Waals surface area contributed by atoms with Crippen molar-refractivity contribution in [2.45, 2.75) is 44.8 Å². The molecule has 1 aromatic rings. The van der Waals surface area contributed by atoms with Crippen LogP contribution in [0.1, 0.15) is 37.3 Å². The lowest BCUT2D eigenvalue weighted by atomic mass is 10.0. The Morgan fingerprint density at radius 3 is 2.29 bits per heavy atom.